The molecule has 2 aromatic carbocycles. The molecule has 0 bridgehead atoms. The summed E-state index contributed by atoms with van der Waals surface area (Å²) in [6.07, 6.45) is 0. The van der Waals surface area contributed by atoms with Crippen molar-refractivity contribution in [3.8, 4) is 11.8 Å². The van der Waals surface area contributed by atoms with E-state index in [9.17, 15) is 14.9 Å². The Kier molecular flexibility index (Phi) is 7.90. The van der Waals surface area contributed by atoms with Crippen molar-refractivity contribution in [1.29, 1.82) is 5.26 Å². The van der Waals surface area contributed by atoms with Gasteiger partial charge in [-0.25, -0.2) is 9.59 Å². The third-order valence-corrected chi connectivity index (χ3v) is 5.24. The van der Waals surface area contributed by atoms with E-state index in [1.807, 2.05) is 0 Å². The number of anilines is 1. The highest BCUT2D eigenvalue weighted by atomic mass is 16.5. The van der Waals surface area contributed by atoms with E-state index in [0.29, 0.717) is 30.2 Å². The lowest BCUT2D eigenvalue weighted by atomic mass is 9.81. The number of nitriles is 1. The molecule has 3 rings (SSSR count). The fourth-order valence-corrected chi connectivity index (χ4v) is 3.74. The first kappa shape index (κ1) is 24.4. The molecule has 1 unspecified atom stereocenters. The molecule has 0 fully saturated rings. The highest BCUT2D eigenvalue weighted by Crippen LogP contribution is 2.43. The monoisotopic (exact) mass is 463 g/mol. The van der Waals surface area contributed by atoms with Crippen LogP contribution in [0.3, 0.4) is 0 Å². The minimum absolute atomic E-state index is 0.0153. The van der Waals surface area contributed by atoms with Crippen LogP contribution in [-0.4, -0.2) is 46.5 Å². The average Bonchev–Trinajstić information content (AvgIpc) is 2.87. The molecule has 1 heterocycles. The van der Waals surface area contributed by atoms with Crippen molar-refractivity contribution in [2.75, 3.05) is 39.4 Å². The molecule has 176 valence electrons. The molecule has 0 amide bonds. The van der Waals surface area contributed by atoms with E-state index in [2.05, 4.69) is 6.07 Å². The Labute approximate surface area is 197 Å². The van der Waals surface area contributed by atoms with Crippen molar-refractivity contribution in [3.05, 3.63) is 82.8 Å². The number of carbonyl (C=O) groups is 2. The van der Waals surface area contributed by atoms with Gasteiger partial charge in [0.25, 0.3) is 0 Å². The first-order valence-electron chi connectivity index (χ1n) is 10.4. The van der Waals surface area contributed by atoms with Crippen LogP contribution in [0.4, 0.5) is 5.69 Å². The Bertz CT molecular complexity index is 1170. The molecule has 0 saturated heterocycles. The number of allylic oxidation sites excluding steroid dienone is 1. The summed E-state index contributed by atoms with van der Waals surface area (Å²) in [5, 5.41) is 10.1. The van der Waals surface area contributed by atoms with Crippen molar-refractivity contribution in [1.82, 2.24) is 0 Å². The molecule has 0 aromatic heterocycles. The van der Waals surface area contributed by atoms with E-state index in [0.717, 1.165) is 0 Å². The topological polar surface area (TPSA) is 124 Å². The van der Waals surface area contributed by atoms with Gasteiger partial charge in [-0.2, -0.15) is 5.26 Å². The van der Waals surface area contributed by atoms with Crippen molar-refractivity contribution < 1.29 is 28.5 Å². The van der Waals surface area contributed by atoms with Gasteiger partial charge < -0.3 is 24.7 Å². The Morgan fingerprint density at radius 2 is 1.71 bits per heavy atom. The molecule has 0 radical (unpaired) electrons. The number of carbonyl (C=O) groups excluding carboxylic acids is 2. The van der Waals surface area contributed by atoms with Gasteiger partial charge in [0.2, 0.25) is 0 Å². The summed E-state index contributed by atoms with van der Waals surface area (Å²) in [5.41, 5.74) is 7.36. The van der Waals surface area contributed by atoms with Crippen molar-refractivity contribution in [2.45, 2.75) is 5.92 Å². The fourth-order valence-electron chi connectivity index (χ4n) is 3.74. The van der Waals surface area contributed by atoms with Gasteiger partial charge in [-0.15, -0.1) is 0 Å². The maximum absolute atomic E-state index is 13.1. The van der Waals surface area contributed by atoms with Crippen LogP contribution in [0.5, 0.6) is 5.75 Å². The van der Waals surface area contributed by atoms with Gasteiger partial charge in [-0.1, -0.05) is 36.4 Å². The van der Waals surface area contributed by atoms with Crippen molar-refractivity contribution in [2.24, 2.45) is 5.73 Å². The van der Waals surface area contributed by atoms with Crippen LogP contribution < -0.4 is 15.4 Å². The molecular weight excluding hydrogens is 438 g/mol. The highest BCUT2D eigenvalue weighted by Gasteiger charge is 2.43. The van der Waals surface area contributed by atoms with Gasteiger partial charge in [-0.3, -0.25) is 4.90 Å². The van der Waals surface area contributed by atoms with Gasteiger partial charge >= 0.3 is 11.9 Å². The lowest BCUT2D eigenvalue weighted by molar-refractivity contribution is -0.139. The van der Waals surface area contributed by atoms with Crippen LogP contribution >= 0.6 is 0 Å². The second-order valence-corrected chi connectivity index (χ2v) is 7.17. The Morgan fingerprint density at radius 3 is 2.32 bits per heavy atom. The summed E-state index contributed by atoms with van der Waals surface area (Å²) in [4.78, 5) is 27.4. The molecule has 9 nitrogen and oxygen atoms in total. The normalized spacial score (nSPS) is 15.6. The molecule has 34 heavy (non-hydrogen) atoms. The first-order chi connectivity index (χ1) is 16.5. The highest BCUT2D eigenvalue weighted by molar-refractivity contribution is 6.06. The lowest BCUT2D eigenvalue weighted by Crippen LogP contribution is -2.40. The molecule has 1 aliphatic heterocycles. The third-order valence-electron chi connectivity index (χ3n) is 5.24. The number of hydrogen-bond donors (Lipinski definition) is 1. The zero-order valence-corrected chi connectivity index (χ0v) is 19.1. The van der Waals surface area contributed by atoms with E-state index < -0.39 is 17.9 Å². The molecule has 0 saturated carbocycles. The number of nitrogens with zero attached hydrogens (tertiary/aromatic N) is 2. The summed E-state index contributed by atoms with van der Waals surface area (Å²) in [5.74, 6) is -2.06. The van der Waals surface area contributed by atoms with E-state index in [4.69, 9.17) is 24.7 Å². The predicted octanol–water partition coefficient (Wildman–Crippen LogP) is 2.61. The predicted molar refractivity (Wildman–Crippen MR) is 123 cm³/mol. The summed E-state index contributed by atoms with van der Waals surface area (Å²) in [6, 6.07) is 17.7. The van der Waals surface area contributed by atoms with Gasteiger partial charge in [0.15, 0.2) is 0 Å². The van der Waals surface area contributed by atoms with Gasteiger partial charge in [0, 0.05) is 13.2 Å². The third kappa shape index (κ3) is 4.72. The van der Waals surface area contributed by atoms with Crippen LogP contribution in [0.2, 0.25) is 0 Å². The van der Waals surface area contributed by atoms with Crippen molar-refractivity contribution >= 4 is 17.6 Å². The minimum Gasteiger partial charge on any atom is -0.491 e. The molecule has 0 spiro atoms. The zero-order chi connectivity index (χ0) is 24.7. The summed E-state index contributed by atoms with van der Waals surface area (Å²) in [6.45, 7) is 0.686. The molecule has 2 N–H and O–H groups in total. The standard InChI is InChI=1S/C25H25N3O6/c1-31-12-13-34-18-11-7-10-17(14-18)28-22(25(30)33-3)21(24(29)32-2)20(19(15-26)23(28)27)16-8-5-4-6-9-16/h4-11,14,20H,12-13,27H2,1-3H3. The van der Waals surface area contributed by atoms with Crippen LogP contribution in [-0.2, 0) is 23.8 Å². The van der Waals surface area contributed by atoms with E-state index in [-0.39, 0.29) is 22.7 Å². The van der Waals surface area contributed by atoms with E-state index in [1.165, 1.54) is 19.1 Å². The number of rotatable bonds is 8. The second-order valence-electron chi connectivity index (χ2n) is 7.17. The number of hydrogen-bond acceptors (Lipinski definition) is 9. The van der Waals surface area contributed by atoms with Crippen LogP contribution in [0.1, 0.15) is 11.5 Å². The minimum atomic E-state index is -0.926. The summed E-state index contributed by atoms with van der Waals surface area (Å²) in [7, 11) is 3.96. The molecular formula is C25H25N3O6. The molecule has 1 atom stereocenters. The smallest absolute Gasteiger partial charge is 0.355 e. The van der Waals surface area contributed by atoms with Gasteiger partial charge in [0.05, 0.1) is 49.6 Å². The number of benzene rings is 2. The lowest BCUT2D eigenvalue weighted by Gasteiger charge is -2.36. The van der Waals surface area contributed by atoms with Gasteiger partial charge in [0.1, 0.15) is 23.9 Å². The van der Waals surface area contributed by atoms with Crippen LogP contribution in [0, 0.1) is 11.3 Å². The number of esters is 2. The Hall–Kier alpha value is -4.29. The molecule has 2 aromatic rings. The second kappa shape index (κ2) is 11.0. The molecule has 9 heteroatoms. The van der Waals surface area contributed by atoms with Crippen LogP contribution in [0.15, 0.2) is 77.3 Å². The first-order valence-corrected chi connectivity index (χ1v) is 10.4. The quantitative estimate of drug-likeness (QED) is 0.465. The van der Waals surface area contributed by atoms with E-state index >= 15 is 0 Å². The number of methoxy groups -OCH3 is 3. The van der Waals surface area contributed by atoms with Crippen molar-refractivity contribution in [3.63, 3.8) is 0 Å². The Morgan fingerprint density at radius 1 is 1.00 bits per heavy atom. The summed E-state index contributed by atoms with van der Waals surface area (Å²) >= 11 is 0. The Balaban J connectivity index is 2.28. The fraction of sp³-hybridized carbons (Fsp3) is 0.240. The average molecular weight is 463 g/mol. The number of ether oxygens (including phenoxy) is 4. The molecule has 0 aliphatic carbocycles. The van der Waals surface area contributed by atoms with Crippen LogP contribution in [0.25, 0.3) is 0 Å². The molecule has 1 aliphatic rings. The zero-order valence-electron chi connectivity index (χ0n) is 19.1. The van der Waals surface area contributed by atoms with E-state index in [1.54, 1.807) is 61.7 Å². The summed E-state index contributed by atoms with van der Waals surface area (Å²) < 4.78 is 20.7. The van der Waals surface area contributed by atoms with Gasteiger partial charge in [-0.05, 0) is 17.7 Å². The largest absolute Gasteiger partial charge is 0.491 e. The maximum atomic E-state index is 13.1. The number of nitrogens with two attached hydrogens (primary N) is 1. The maximum Gasteiger partial charge on any atom is 0.355 e. The SMILES string of the molecule is COCCOc1cccc(N2C(N)=C(C#N)C(c3ccccc3)C(C(=O)OC)=C2C(=O)OC)c1.